The summed E-state index contributed by atoms with van der Waals surface area (Å²) in [6, 6.07) is 12.4. The van der Waals surface area contributed by atoms with E-state index < -0.39 is 26.8 Å². The van der Waals surface area contributed by atoms with Crippen LogP contribution in [-0.4, -0.2) is 74.7 Å². The molecule has 226 valence electrons. The second-order valence-electron chi connectivity index (χ2n) is 10.5. The van der Waals surface area contributed by atoms with Crippen LogP contribution in [0.4, 0.5) is 11.4 Å². The third-order valence-corrected chi connectivity index (χ3v) is 9.09. The molecular weight excluding hydrogens is 598 g/mol. The molecule has 0 saturated heterocycles. The third kappa shape index (κ3) is 5.88. The van der Waals surface area contributed by atoms with Gasteiger partial charge in [0.2, 0.25) is 5.91 Å². The zero-order chi connectivity index (χ0) is 31.1. The van der Waals surface area contributed by atoms with Gasteiger partial charge in [-0.25, -0.2) is 13.1 Å². The van der Waals surface area contributed by atoms with Crippen molar-refractivity contribution in [1.29, 1.82) is 0 Å². The van der Waals surface area contributed by atoms with E-state index in [-0.39, 0.29) is 46.4 Å². The number of hydrogen-bond acceptors (Lipinski definition) is 8. The number of fused-ring (bicyclic) bond motifs is 4. The molecular formula is C29H30ClN5O7S. The molecule has 1 aliphatic heterocycles. The lowest BCUT2D eigenvalue weighted by Gasteiger charge is -2.17. The van der Waals surface area contributed by atoms with Gasteiger partial charge in [0, 0.05) is 48.3 Å². The zero-order valence-electron chi connectivity index (χ0n) is 23.7. The average molecular weight is 628 g/mol. The summed E-state index contributed by atoms with van der Waals surface area (Å²) in [5.74, 6) is -0.678. The summed E-state index contributed by atoms with van der Waals surface area (Å²) in [4.78, 5) is 43.5. The first-order valence-corrected chi connectivity index (χ1v) is 15.5. The molecule has 4 aromatic rings. The number of likely N-dealkylation sites (N-methyl/N-ethyl adjacent to an activating group) is 1. The molecule has 5 rings (SSSR count). The minimum Gasteiger partial charge on any atom is -0.492 e. The number of H-pyrrole nitrogens is 1. The number of rotatable bonds is 10. The Morgan fingerprint density at radius 1 is 1.16 bits per heavy atom. The molecule has 0 bridgehead atoms. The number of alkyl halides is 1. The highest BCUT2D eigenvalue weighted by Crippen LogP contribution is 2.46. The lowest BCUT2D eigenvalue weighted by atomic mass is 9.95. The summed E-state index contributed by atoms with van der Waals surface area (Å²) in [6.07, 6.45) is -0.0518. The van der Waals surface area contributed by atoms with Crippen molar-refractivity contribution in [2.45, 2.75) is 24.2 Å². The average Bonchev–Trinajstić information content (AvgIpc) is 3.57. The van der Waals surface area contributed by atoms with E-state index >= 15 is 0 Å². The van der Waals surface area contributed by atoms with Crippen LogP contribution in [0, 0.1) is 10.1 Å². The molecule has 2 amide bonds. The van der Waals surface area contributed by atoms with Crippen molar-refractivity contribution in [3.63, 3.8) is 0 Å². The normalized spacial score (nSPS) is 14.8. The van der Waals surface area contributed by atoms with Crippen LogP contribution < -0.4 is 14.4 Å². The summed E-state index contributed by atoms with van der Waals surface area (Å²) in [5.41, 5.74) is 1.58. The van der Waals surface area contributed by atoms with Gasteiger partial charge in [-0.05, 0) is 61.4 Å². The number of nitro groups is 1. The molecule has 0 aliphatic carbocycles. The van der Waals surface area contributed by atoms with Gasteiger partial charge in [0.25, 0.3) is 21.6 Å². The van der Waals surface area contributed by atoms with Gasteiger partial charge in [0.05, 0.1) is 20.9 Å². The Kier molecular flexibility index (Phi) is 8.32. The highest BCUT2D eigenvalue weighted by Gasteiger charge is 2.37. The van der Waals surface area contributed by atoms with Gasteiger partial charge in [-0.15, -0.1) is 11.6 Å². The summed E-state index contributed by atoms with van der Waals surface area (Å²) in [7, 11) is -0.343. The molecule has 2 heterocycles. The van der Waals surface area contributed by atoms with E-state index in [1.54, 1.807) is 6.07 Å². The van der Waals surface area contributed by atoms with Crippen molar-refractivity contribution in [3.05, 3.63) is 69.9 Å². The van der Waals surface area contributed by atoms with Crippen LogP contribution in [-0.2, 0) is 14.8 Å². The molecule has 0 saturated carbocycles. The number of anilines is 1. The number of aromatic nitrogens is 1. The summed E-state index contributed by atoms with van der Waals surface area (Å²) in [5, 5.41) is 13.4. The van der Waals surface area contributed by atoms with Crippen LogP contribution in [0.25, 0.3) is 21.7 Å². The van der Waals surface area contributed by atoms with Gasteiger partial charge >= 0.3 is 0 Å². The molecule has 12 nitrogen and oxygen atoms in total. The largest absolute Gasteiger partial charge is 0.492 e. The van der Waals surface area contributed by atoms with E-state index in [1.165, 1.54) is 36.1 Å². The second kappa shape index (κ2) is 11.8. The quantitative estimate of drug-likeness (QED) is 0.149. The Balaban J connectivity index is 1.55. The van der Waals surface area contributed by atoms with Crippen LogP contribution in [0.15, 0.2) is 53.4 Å². The molecule has 2 N–H and O–H groups in total. The number of nitro benzene ring substituents is 1. The van der Waals surface area contributed by atoms with E-state index in [0.717, 1.165) is 17.4 Å². The maximum absolute atomic E-state index is 13.8. The Hall–Kier alpha value is -4.20. The lowest BCUT2D eigenvalue weighted by molar-refractivity contribution is -0.383. The predicted octanol–water partition coefficient (Wildman–Crippen LogP) is 4.37. The number of nitrogens with zero attached hydrogens (tertiary/aromatic N) is 3. The highest BCUT2D eigenvalue weighted by atomic mass is 35.5. The second-order valence-corrected chi connectivity index (χ2v) is 12.5. The fourth-order valence-corrected chi connectivity index (χ4v) is 6.51. The van der Waals surface area contributed by atoms with E-state index in [4.69, 9.17) is 16.3 Å². The van der Waals surface area contributed by atoms with Crippen molar-refractivity contribution in [2.75, 3.05) is 44.6 Å². The number of aromatic amines is 1. The molecule has 1 unspecified atom stereocenters. The molecule has 43 heavy (non-hydrogen) atoms. The molecule has 1 aliphatic rings. The smallest absolute Gasteiger partial charge is 0.279 e. The standard InChI is InChI=1S/C29H30ClN5O7S/c1-4-27(36)32-43(40,41)20-6-7-21-22(13-20)25(35(38)39)14-26-28(21)18(15-30)16-34(26)29(37)24-12-17-11-19(5-8-23(17)31-24)42-10-9-33(2)3/h5-8,11-14,18,31H,4,9-10,15-16H2,1-3H3,(H,32,36). The number of sulfonamides is 1. The minimum absolute atomic E-state index is 0.0518. The van der Waals surface area contributed by atoms with Gasteiger partial charge in [-0.3, -0.25) is 19.7 Å². The van der Waals surface area contributed by atoms with Gasteiger partial charge in [0.15, 0.2) is 0 Å². The summed E-state index contributed by atoms with van der Waals surface area (Å²) in [6.45, 7) is 2.94. The van der Waals surface area contributed by atoms with Crippen LogP contribution in [0.1, 0.15) is 35.3 Å². The molecule has 14 heteroatoms. The van der Waals surface area contributed by atoms with Crippen molar-refractivity contribution in [2.24, 2.45) is 0 Å². The van der Waals surface area contributed by atoms with Crippen molar-refractivity contribution >= 4 is 66.5 Å². The fourth-order valence-electron chi connectivity index (χ4n) is 5.18. The van der Waals surface area contributed by atoms with Gasteiger partial charge in [-0.1, -0.05) is 13.0 Å². The first kappa shape index (κ1) is 30.3. The third-order valence-electron chi connectivity index (χ3n) is 7.35. The molecule has 3 aromatic carbocycles. The van der Waals surface area contributed by atoms with E-state index in [2.05, 4.69) is 4.98 Å². The first-order valence-electron chi connectivity index (χ1n) is 13.5. The van der Waals surface area contributed by atoms with Gasteiger partial charge in [-0.2, -0.15) is 0 Å². The summed E-state index contributed by atoms with van der Waals surface area (Å²) < 4.78 is 33.3. The number of halogens is 1. The minimum atomic E-state index is -4.25. The number of amides is 2. The molecule has 0 radical (unpaired) electrons. The predicted molar refractivity (Wildman–Crippen MR) is 164 cm³/mol. The first-order chi connectivity index (χ1) is 20.4. The number of carbonyl (C=O) groups excluding carboxylic acids is 2. The van der Waals surface area contributed by atoms with E-state index in [9.17, 15) is 28.1 Å². The Labute approximate surface area is 252 Å². The molecule has 1 atom stereocenters. The lowest BCUT2D eigenvalue weighted by Crippen LogP contribution is -2.30. The van der Waals surface area contributed by atoms with Crippen LogP contribution in [0.3, 0.4) is 0 Å². The zero-order valence-corrected chi connectivity index (χ0v) is 25.3. The van der Waals surface area contributed by atoms with Crippen LogP contribution in [0.2, 0.25) is 0 Å². The van der Waals surface area contributed by atoms with Crippen LogP contribution in [0.5, 0.6) is 5.75 Å². The number of hydrogen-bond donors (Lipinski definition) is 2. The molecule has 1 aromatic heterocycles. The Morgan fingerprint density at radius 3 is 2.60 bits per heavy atom. The Bertz CT molecular complexity index is 1870. The highest BCUT2D eigenvalue weighted by molar-refractivity contribution is 7.90. The van der Waals surface area contributed by atoms with Crippen molar-refractivity contribution < 1.29 is 27.7 Å². The number of non-ortho nitro benzene ring substituents is 1. The Morgan fingerprint density at radius 2 is 1.93 bits per heavy atom. The van der Waals surface area contributed by atoms with Gasteiger partial charge in [0.1, 0.15) is 18.1 Å². The number of nitrogens with one attached hydrogen (secondary N) is 2. The number of carbonyl (C=O) groups is 2. The van der Waals surface area contributed by atoms with Crippen molar-refractivity contribution in [3.8, 4) is 5.75 Å². The fraction of sp³-hybridized carbons (Fsp3) is 0.310. The maximum Gasteiger partial charge on any atom is 0.279 e. The van der Waals surface area contributed by atoms with Gasteiger partial charge < -0.3 is 19.5 Å². The molecule has 0 spiro atoms. The number of benzene rings is 3. The monoisotopic (exact) mass is 627 g/mol. The van der Waals surface area contributed by atoms with E-state index in [1.807, 2.05) is 41.9 Å². The summed E-state index contributed by atoms with van der Waals surface area (Å²) >= 11 is 6.33. The topological polar surface area (TPSA) is 155 Å². The van der Waals surface area contributed by atoms with Crippen molar-refractivity contribution in [1.82, 2.24) is 14.6 Å². The maximum atomic E-state index is 13.8. The van der Waals surface area contributed by atoms with Crippen LogP contribution >= 0.6 is 11.6 Å². The van der Waals surface area contributed by atoms with E-state index in [0.29, 0.717) is 29.0 Å². The number of ether oxygens (including phenoxy) is 1. The SMILES string of the molecule is CCC(=O)NS(=O)(=O)c1ccc2c3c(cc([N+](=O)[O-])c2c1)N(C(=O)c1cc2cc(OCCN(C)C)ccc2[nH]1)CC3CCl. The molecule has 0 fully saturated rings.